The number of H-pyrrole nitrogens is 1. The summed E-state index contributed by atoms with van der Waals surface area (Å²) in [6.45, 7) is 2.68. The molecule has 0 aromatic carbocycles. The standard InChI is InChI=1S/C9H12N6OS/c1-6(16)11-7-2-3-17-8(7)4-10-5-9-12-14-15-13-9/h2-3,10H,4-5H2,1H3,(H,11,16)(H,12,13,14,15). The molecule has 8 heteroatoms. The molecule has 0 saturated carbocycles. The number of thiophene rings is 1. The topological polar surface area (TPSA) is 95.6 Å². The Morgan fingerprint density at radius 1 is 1.53 bits per heavy atom. The summed E-state index contributed by atoms with van der Waals surface area (Å²) in [5.74, 6) is 0.547. The van der Waals surface area contributed by atoms with Crippen molar-refractivity contribution >= 4 is 22.9 Å². The third-order valence-corrected chi connectivity index (χ3v) is 2.93. The van der Waals surface area contributed by atoms with Crippen LogP contribution in [-0.2, 0) is 17.9 Å². The summed E-state index contributed by atoms with van der Waals surface area (Å²) in [7, 11) is 0. The summed E-state index contributed by atoms with van der Waals surface area (Å²) < 4.78 is 0. The van der Waals surface area contributed by atoms with Crippen molar-refractivity contribution in [1.82, 2.24) is 25.9 Å². The molecule has 0 saturated heterocycles. The minimum absolute atomic E-state index is 0.0668. The third-order valence-electron chi connectivity index (χ3n) is 2.01. The summed E-state index contributed by atoms with van der Waals surface area (Å²) in [5, 5.41) is 21.4. The van der Waals surface area contributed by atoms with Crippen molar-refractivity contribution in [2.24, 2.45) is 0 Å². The molecule has 7 nitrogen and oxygen atoms in total. The van der Waals surface area contributed by atoms with Gasteiger partial charge in [0.05, 0.1) is 12.2 Å². The van der Waals surface area contributed by atoms with E-state index in [-0.39, 0.29) is 5.91 Å². The zero-order valence-electron chi connectivity index (χ0n) is 9.23. The molecule has 0 spiro atoms. The molecule has 3 N–H and O–H groups in total. The normalized spacial score (nSPS) is 10.4. The first kappa shape index (κ1) is 11.7. The number of rotatable bonds is 5. The zero-order valence-corrected chi connectivity index (χ0v) is 10.0. The van der Waals surface area contributed by atoms with Crippen molar-refractivity contribution < 1.29 is 4.79 Å². The Balaban J connectivity index is 1.86. The second-order valence-corrected chi connectivity index (χ2v) is 4.37. The van der Waals surface area contributed by atoms with Crippen molar-refractivity contribution in [3.63, 3.8) is 0 Å². The van der Waals surface area contributed by atoms with Crippen molar-refractivity contribution in [3.05, 3.63) is 22.1 Å². The highest BCUT2D eigenvalue weighted by atomic mass is 32.1. The van der Waals surface area contributed by atoms with Gasteiger partial charge < -0.3 is 10.6 Å². The number of aromatic amines is 1. The molecule has 0 aliphatic carbocycles. The predicted molar refractivity (Wildman–Crippen MR) is 63.3 cm³/mol. The van der Waals surface area contributed by atoms with Crippen molar-refractivity contribution in [3.8, 4) is 0 Å². The lowest BCUT2D eigenvalue weighted by Crippen LogP contribution is -2.15. The molecule has 1 amide bonds. The van der Waals surface area contributed by atoms with Gasteiger partial charge in [0.25, 0.3) is 0 Å². The number of anilines is 1. The van der Waals surface area contributed by atoms with Gasteiger partial charge in [0, 0.05) is 18.3 Å². The summed E-state index contributed by atoms with van der Waals surface area (Å²) in [6, 6.07) is 1.89. The second-order valence-electron chi connectivity index (χ2n) is 3.37. The molecule has 0 unspecified atom stereocenters. The lowest BCUT2D eigenvalue weighted by Gasteiger charge is -2.04. The first-order valence-electron chi connectivity index (χ1n) is 5.02. The van der Waals surface area contributed by atoms with Crippen LogP contribution >= 0.6 is 11.3 Å². The van der Waals surface area contributed by atoms with Gasteiger partial charge in [-0.3, -0.25) is 4.79 Å². The molecule has 2 heterocycles. The minimum Gasteiger partial charge on any atom is -0.325 e. The van der Waals surface area contributed by atoms with Crippen LogP contribution in [0.1, 0.15) is 17.6 Å². The molecule has 0 bridgehead atoms. The van der Waals surface area contributed by atoms with E-state index in [2.05, 4.69) is 31.3 Å². The number of hydrogen-bond acceptors (Lipinski definition) is 6. The number of amides is 1. The smallest absolute Gasteiger partial charge is 0.221 e. The van der Waals surface area contributed by atoms with Crippen LogP contribution in [0, 0.1) is 0 Å². The van der Waals surface area contributed by atoms with Crippen molar-refractivity contribution in [1.29, 1.82) is 0 Å². The molecule has 90 valence electrons. The molecule has 2 aromatic rings. The maximum atomic E-state index is 11.0. The predicted octanol–water partition coefficient (Wildman–Crippen LogP) is 0.509. The molecule has 0 atom stereocenters. The van der Waals surface area contributed by atoms with Crippen LogP contribution in [0.3, 0.4) is 0 Å². The highest BCUT2D eigenvalue weighted by molar-refractivity contribution is 7.10. The average Bonchev–Trinajstić information content (AvgIpc) is 2.90. The fraction of sp³-hybridized carbons (Fsp3) is 0.333. The SMILES string of the molecule is CC(=O)Nc1ccsc1CNCc1nn[nH]n1. The van der Waals surface area contributed by atoms with Crippen molar-refractivity contribution in [2.75, 3.05) is 5.32 Å². The Labute approximate surface area is 102 Å². The highest BCUT2D eigenvalue weighted by Gasteiger charge is 2.05. The van der Waals surface area contributed by atoms with E-state index < -0.39 is 0 Å². The van der Waals surface area contributed by atoms with Crippen LogP contribution in [0.2, 0.25) is 0 Å². The molecule has 17 heavy (non-hydrogen) atoms. The second kappa shape index (κ2) is 5.51. The highest BCUT2D eigenvalue weighted by Crippen LogP contribution is 2.21. The Morgan fingerprint density at radius 2 is 2.41 bits per heavy atom. The molecular formula is C9H12N6OS. The van der Waals surface area contributed by atoms with E-state index in [1.807, 2.05) is 11.4 Å². The van der Waals surface area contributed by atoms with Gasteiger partial charge >= 0.3 is 0 Å². The van der Waals surface area contributed by atoms with Crippen LogP contribution in [0.5, 0.6) is 0 Å². The van der Waals surface area contributed by atoms with Gasteiger partial charge in [0.1, 0.15) is 0 Å². The van der Waals surface area contributed by atoms with E-state index in [4.69, 9.17) is 0 Å². The summed E-state index contributed by atoms with van der Waals surface area (Å²) in [6.07, 6.45) is 0. The Kier molecular flexibility index (Phi) is 3.78. The monoisotopic (exact) mass is 252 g/mol. The number of tetrazole rings is 1. The first-order chi connectivity index (χ1) is 8.25. The Morgan fingerprint density at radius 3 is 3.12 bits per heavy atom. The summed E-state index contributed by atoms with van der Waals surface area (Å²) in [5.41, 5.74) is 0.850. The van der Waals surface area contributed by atoms with E-state index in [0.717, 1.165) is 10.6 Å². The molecule has 2 aromatic heterocycles. The van der Waals surface area contributed by atoms with Gasteiger partial charge in [-0.1, -0.05) is 5.21 Å². The fourth-order valence-electron chi connectivity index (χ4n) is 1.32. The number of nitrogens with one attached hydrogen (secondary N) is 3. The lowest BCUT2D eigenvalue weighted by molar-refractivity contribution is -0.114. The van der Waals surface area contributed by atoms with Gasteiger partial charge in [-0.15, -0.1) is 21.5 Å². The minimum atomic E-state index is -0.0668. The maximum absolute atomic E-state index is 11.0. The van der Waals surface area contributed by atoms with E-state index >= 15 is 0 Å². The lowest BCUT2D eigenvalue weighted by atomic mass is 10.3. The first-order valence-corrected chi connectivity index (χ1v) is 5.90. The quantitative estimate of drug-likeness (QED) is 0.720. The number of hydrogen-bond donors (Lipinski definition) is 3. The number of nitrogens with zero attached hydrogens (tertiary/aromatic N) is 3. The van der Waals surface area contributed by atoms with Crippen molar-refractivity contribution in [2.45, 2.75) is 20.0 Å². The van der Waals surface area contributed by atoms with Gasteiger partial charge in [-0.05, 0) is 11.4 Å². The van der Waals surface area contributed by atoms with Crippen LogP contribution < -0.4 is 10.6 Å². The largest absolute Gasteiger partial charge is 0.325 e. The maximum Gasteiger partial charge on any atom is 0.221 e. The molecule has 2 rings (SSSR count). The summed E-state index contributed by atoms with van der Waals surface area (Å²) >= 11 is 1.59. The van der Waals surface area contributed by atoms with E-state index in [1.54, 1.807) is 11.3 Å². The average molecular weight is 252 g/mol. The van der Waals surface area contributed by atoms with Gasteiger partial charge in [-0.2, -0.15) is 5.21 Å². The van der Waals surface area contributed by atoms with Gasteiger partial charge in [0.2, 0.25) is 5.91 Å². The van der Waals surface area contributed by atoms with E-state index in [1.165, 1.54) is 6.92 Å². The van der Waals surface area contributed by atoms with E-state index in [9.17, 15) is 4.79 Å². The Hall–Kier alpha value is -1.80. The fourth-order valence-corrected chi connectivity index (χ4v) is 2.12. The van der Waals surface area contributed by atoms with Crippen LogP contribution in [0.25, 0.3) is 0 Å². The van der Waals surface area contributed by atoms with Gasteiger partial charge in [0.15, 0.2) is 5.82 Å². The van der Waals surface area contributed by atoms with E-state index in [0.29, 0.717) is 18.9 Å². The number of carbonyl (C=O) groups is 1. The van der Waals surface area contributed by atoms with Crippen LogP contribution in [-0.4, -0.2) is 26.5 Å². The number of aromatic nitrogens is 4. The third kappa shape index (κ3) is 3.33. The van der Waals surface area contributed by atoms with Crippen LogP contribution in [0.4, 0.5) is 5.69 Å². The van der Waals surface area contributed by atoms with Gasteiger partial charge in [-0.25, -0.2) is 0 Å². The Bertz CT molecular complexity index is 479. The number of carbonyl (C=O) groups excluding carboxylic acids is 1. The molecule has 0 aliphatic heterocycles. The molecular weight excluding hydrogens is 240 g/mol. The zero-order chi connectivity index (χ0) is 12.1. The molecule has 0 radical (unpaired) electrons. The van der Waals surface area contributed by atoms with Crippen LogP contribution in [0.15, 0.2) is 11.4 Å². The molecule has 0 aliphatic rings. The molecule has 0 fully saturated rings. The summed E-state index contributed by atoms with van der Waals surface area (Å²) in [4.78, 5) is 12.0.